The topological polar surface area (TPSA) is 103 Å². The second-order valence-corrected chi connectivity index (χ2v) is 11.3. The molecule has 2 aromatic heterocycles. The molecule has 3 rings (SSSR count). The van der Waals surface area contributed by atoms with Crippen LogP contribution in [0.25, 0.3) is 10.4 Å². The Hall–Kier alpha value is -2.53. The van der Waals surface area contributed by atoms with Crippen LogP contribution < -0.4 is 10.6 Å². The number of nitrogens with one attached hydrogen (secondary N) is 2. The standard InChI is InChI=1S/C24H34N6O2S2/c1-5-30(6-2)14-13-26-34(4,32)20-11-9-19(10-12-20)28-24-25-16-21(22-8-7-15-33-22)23(29-24)27-18(3)17-31/h7-12,15-16,18,31H,5-6,13-14,17H2,1-4H3,(H2,25,27,28,29)/t18-,34?/m1/s1. The summed E-state index contributed by atoms with van der Waals surface area (Å²) >= 11 is 1.61. The van der Waals surface area contributed by atoms with E-state index < -0.39 is 9.73 Å². The van der Waals surface area contributed by atoms with E-state index in [-0.39, 0.29) is 12.6 Å². The van der Waals surface area contributed by atoms with Gasteiger partial charge in [-0.3, -0.25) is 0 Å². The molecule has 2 heterocycles. The second-order valence-electron chi connectivity index (χ2n) is 7.99. The van der Waals surface area contributed by atoms with Gasteiger partial charge in [-0.2, -0.15) is 4.98 Å². The van der Waals surface area contributed by atoms with Crippen LogP contribution in [0, 0.1) is 0 Å². The number of aromatic nitrogens is 2. The zero-order chi connectivity index (χ0) is 24.6. The minimum absolute atomic E-state index is 0.00558. The maximum Gasteiger partial charge on any atom is 0.229 e. The van der Waals surface area contributed by atoms with Crippen molar-refractivity contribution in [3.63, 3.8) is 0 Å². The number of rotatable bonds is 12. The first kappa shape index (κ1) is 26.1. The number of nitrogens with zero attached hydrogens (tertiary/aromatic N) is 4. The fourth-order valence-corrected chi connectivity index (χ4v) is 5.29. The predicted octanol–water partition coefficient (Wildman–Crippen LogP) is 4.54. The Morgan fingerprint density at radius 3 is 2.56 bits per heavy atom. The Morgan fingerprint density at radius 1 is 1.21 bits per heavy atom. The van der Waals surface area contributed by atoms with Crippen molar-refractivity contribution in [3.05, 3.63) is 48.0 Å². The number of benzene rings is 1. The fourth-order valence-electron chi connectivity index (χ4n) is 3.33. The average Bonchev–Trinajstić information content (AvgIpc) is 3.37. The summed E-state index contributed by atoms with van der Waals surface area (Å²) in [6.45, 7) is 9.39. The van der Waals surface area contributed by atoms with Crippen LogP contribution >= 0.6 is 11.3 Å². The van der Waals surface area contributed by atoms with Crippen LogP contribution in [0.15, 0.2) is 57.2 Å². The Balaban J connectivity index is 1.75. The van der Waals surface area contributed by atoms with Gasteiger partial charge < -0.3 is 20.6 Å². The highest BCUT2D eigenvalue weighted by atomic mass is 32.2. The molecule has 0 spiro atoms. The van der Waals surface area contributed by atoms with E-state index in [1.807, 2.05) is 48.7 Å². The molecule has 0 aliphatic rings. The van der Waals surface area contributed by atoms with Crippen molar-refractivity contribution in [2.45, 2.75) is 31.7 Å². The van der Waals surface area contributed by atoms with Gasteiger partial charge >= 0.3 is 0 Å². The van der Waals surface area contributed by atoms with Gasteiger partial charge in [0.2, 0.25) is 5.95 Å². The number of hydrogen-bond acceptors (Lipinski definition) is 9. The molecule has 8 nitrogen and oxygen atoms in total. The van der Waals surface area contributed by atoms with Crippen molar-refractivity contribution >= 4 is 38.5 Å². The highest BCUT2D eigenvalue weighted by Gasteiger charge is 2.13. The summed E-state index contributed by atoms with van der Waals surface area (Å²) in [7, 11) is -2.46. The summed E-state index contributed by atoms with van der Waals surface area (Å²) < 4.78 is 17.6. The Labute approximate surface area is 206 Å². The molecule has 1 aromatic carbocycles. The molecule has 0 saturated heterocycles. The van der Waals surface area contributed by atoms with Gasteiger partial charge in [-0.1, -0.05) is 19.9 Å². The number of anilines is 3. The SMILES string of the molecule is CCN(CC)CCN=S(C)(=O)c1ccc(Nc2ncc(-c3cccs3)c(N[C@H](C)CO)n2)cc1. The van der Waals surface area contributed by atoms with Crippen LogP contribution in [0.1, 0.15) is 20.8 Å². The van der Waals surface area contributed by atoms with Crippen LogP contribution in [0.3, 0.4) is 0 Å². The summed E-state index contributed by atoms with van der Waals surface area (Å²) in [4.78, 5) is 13.1. The lowest BCUT2D eigenvalue weighted by Gasteiger charge is -2.16. The third-order valence-corrected chi connectivity index (χ3v) is 8.15. The molecule has 0 bridgehead atoms. The maximum atomic E-state index is 13.1. The summed E-state index contributed by atoms with van der Waals surface area (Å²) in [6.07, 6.45) is 3.46. The number of hydrogen-bond donors (Lipinski definition) is 3. The van der Waals surface area contributed by atoms with E-state index in [0.717, 1.165) is 35.8 Å². The van der Waals surface area contributed by atoms with Gasteiger partial charge in [-0.25, -0.2) is 13.6 Å². The second kappa shape index (κ2) is 12.3. The molecular formula is C24H34N6O2S2. The quantitative estimate of drug-likeness (QED) is 0.334. The summed E-state index contributed by atoms with van der Waals surface area (Å²) in [5.74, 6) is 1.09. The molecule has 3 aromatic rings. The third kappa shape index (κ3) is 6.99. The van der Waals surface area contributed by atoms with Crippen molar-refractivity contribution < 1.29 is 9.32 Å². The lowest BCUT2D eigenvalue weighted by Crippen LogP contribution is -2.26. The number of thiophene rings is 1. The molecule has 184 valence electrons. The summed E-state index contributed by atoms with van der Waals surface area (Å²) in [6, 6.07) is 11.2. The van der Waals surface area contributed by atoms with Crippen LogP contribution in [0.2, 0.25) is 0 Å². The van der Waals surface area contributed by atoms with Crippen molar-refractivity contribution in [1.82, 2.24) is 14.9 Å². The minimum Gasteiger partial charge on any atom is -0.394 e. The molecular weight excluding hydrogens is 468 g/mol. The smallest absolute Gasteiger partial charge is 0.229 e. The van der Waals surface area contributed by atoms with Gasteiger partial charge in [-0.15, -0.1) is 11.3 Å². The van der Waals surface area contributed by atoms with Crippen molar-refractivity contribution in [1.29, 1.82) is 0 Å². The molecule has 34 heavy (non-hydrogen) atoms. The third-order valence-electron chi connectivity index (χ3n) is 5.43. The maximum absolute atomic E-state index is 13.1. The molecule has 0 fully saturated rings. The number of likely N-dealkylation sites (N-methyl/N-ethyl adjacent to an activating group) is 1. The van der Waals surface area contributed by atoms with Gasteiger partial charge in [0.05, 0.1) is 28.4 Å². The summed E-state index contributed by atoms with van der Waals surface area (Å²) in [5, 5.41) is 17.9. The van der Waals surface area contributed by atoms with Gasteiger partial charge in [-0.05, 0) is 55.7 Å². The van der Waals surface area contributed by atoms with Gasteiger partial charge in [0.25, 0.3) is 0 Å². The highest BCUT2D eigenvalue weighted by molar-refractivity contribution is 7.93. The van der Waals surface area contributed by atoms with E-state index in [0.29, 0.717) is 23.2 Å². The fraction of sp³-hybridized carbons (Fsp3) is 0.417. The molecule has 10 heteroatoms. The number of aliphatic hydroxyl groups is 1. The van der Waals surface area contributed by atoms with E-state index in [1.54, 1.807) is 23.8 Å². The molecule has 0 aliphatic carbocycles. The Bertz CT molecular complexity index is 1150. The lowest BCUT2D eigenvalue weighted by molar-refractivity contribution is 0.281. The van der Waals surface area contributed by atoms with E-state index in [4.69, 9.17) is 0 Å². The highest BCUT2D eigenvalue weighted by Crippen LogP contribution is 2.31. The van der Waals surface area contributed by atoms with Crippen LogP contribution in [0.4, 0.5) is 17.5 Å². The Morgan fingerprint density at radius 2 is 1.94 bits per heavy atom. The molecule has 0 radical (unpaired) electrons. The molecule has 2 atom stereocenters. The predicted molar refractivity (Wildman–Crippen MR) is 143 cm³/mol. The zero-order valence-electron chi connectivity index (χ0n) is 20.2. The van der Waals surface area contributed by atoms with E-state index in [2.05, 4.69) is 43.7 Å². The van der Waals surface area contributed by atoms with Gasteiger partial charge in [0.1, 0.15) is 5.82 Å². The van der Waals surface area contributed by atoms with E-state index in [9.17, 15) is 9.32 Å². The van der Waals surface area contributed by atoms with Crippen LogP contribution in [-0.4, -0.2) is 69.3 Å². The van der Waals surface area contributed by atoms with Crippen molar-refractivity contribution in [3.8, 4) is 10.4 Å². The summed E-state index contributed by atoms with van der Waals surface area (Å²) in [5.41, 5.74) is 1.67. The molecule has 3 N–H and O–H groups in total. The molecule has 0 amide bonds. The molecule has 0 aliphatic heterocycles. The van der Waals surface area contributed by atoms with Crippen molar-refractivity contribution in [2.24, 2.45) is 4.36 Å². The first-order valence-electron chi connectivity index (χ1n) is 11.4. The average molecular weight is 503 g/mol. The normalized spacial score (nSPS) is 13.9. The van der Waals surface area contributed by atoms with Crippen molar-refractivity contribution in [2.75, 3.05) is 49.7 Å². The zero-order valence-corrected chi connectivity index (χ0v) is 21.8. The number of aliphatic hydroxyl groups excluding tert-OH is 1. The molecule has 1 unspecified atom stereocenters. The largest absolute Gasteiger partial charge is 0.394 e. The van der Waals surface area contributed by atoms with Gasteiger partial charge in [0.15, 0.2) is 0 Å². The van der Waals surface area contributed by atoms with E-state index in [1.165, 1.54) is 0 Å². The van der Waals surface area contributed by atoms with Gasteiger partial charge in [0, 0.05) is 40.5 Å². The minimum atomic E-state index is -2.46. The van der Waals surface area contributed by atoms with Crippen LogP contribution in [-0.2, 0) is 9.73 Å². The Kier molecular flexibility index (Phi) is 9.40. The monoisotopic (exact) mass is 502 g/mol. The van der Waals surface area contributed by atoms with Crippen LogP contribution in [0.5, 0.6) is 0 Å². The van der Waals surface area contributed by atoms with E-state index >= 15 is 0 Å². The first-order chi connectivity index (χ1) is 16.4. The molecule has 0 saturated carbocycles. The first-order valence-corrected chi connectivity index (χ1v) is 14.2. The lowest BCUT2D eigenvalue weighted by atomic mass is 10.2.